The van der Waals surface area contributed by atoms with E-state index in [9.17, 15) is 0 Å². The molecule has 1 fully saturated rings. The van der Waals surface area contributed by atoms with Crippen molar-refractivity contribution >= 4 is 29.4 Å². The molecule has 25 heavy (non-hydrogen) atoms. The summed E-state index contributed by atoms with van der Waals surface area (Å²) in [6.07, 6.45) is 2.30. The molecule has 0 N–H and O–H groups in total. The van der Waals surface area contributed by atoms with Crippen molar-refractivity contribution < 1.29 is 8.85 Å². The van der Waals surface area contributed by atoms with E-state index >= 15 is 0 Å². The van der Waals surface area contributed by atoms with Crippen LogP contribution >= 0.6 is 0 Å². The standard InChI is InChI=1S/C17H43N3O2Si3/c1-16(2,8-10-19(6)23)25(17(3,4)9-11-20(7)24)21-14-12-18(5)13-15-22-25/h8-15H2,1-7,23-24H3. The van der Waals surface area contributed by atoms with Crippen LogP contribution in [0.15, 0.2) is 0 Å². The van der Waals surface area contributed by atoms with Crippen LogP contribution in [0.5, 0.6) is 0 Å². The van der Waals surface area contributed by atoms with Gasteiger partial charge in [0.05, 0.1) is 20.8 Å². The van der Waals surface area contributed by atoms with Crippen LogP contribution in [-0.4, -0.2) is 104 Å². The van der Waals surface area contributed by atoms with Gasteiger partial charge < -0.3 is 22.9 Å². The van der Waals surface area contributed by atoms with Gasteiger partial charge in [-0.1, -0.05) is 27.7 Å². The highest BCUT2D eigenvalue weighted by atomic mass is 28.4. The van der Waals surface area contributed by atoms with Crippen molar-refractivity contribution in [2.24, 2.45) is 0 Å². The molecule has 0 saturated carbocycles. The summed E-state index contributed by atoms with van der Waals surface area (Å²) in [5.74, 6) is 0. The molecule has 8 heteroatoms. The molecule has 1 aliphatic rings. The molecular weight excluding hydrogens is 362 g/mol. The molecule has 0 aromatic heterocycles. The van der Waals surface area contributed by atoms with Gasteiger partial charge in [-0.05, 0) is 47.1 Å². The summed E-state index contributed by atoms with van der Waals surface area (Å²) in [4.78, 5) is 2.31. The van der Waals surface area contributed by atoms with Crippen LogP contribution in [0.2, 0.25) is 10.1 Å². The Kier molecular flexibility index (Phi) is 9.01. The number of hydrogen-bond donors (Lipinski definition) is 0. The van der Waals surface area contributed by atoms with Crippen LogP contribution in [-0.2, 0) is 8.85 Å². The van der Waals surface area contributed by atoms with E-state index in [1.54, 1.807) is 0 Å². The Hall–Kier alpha value is 0.451. The van der Waals surface area contributed by atoms with Crippen LogP contribution in [0, 0.1) is 0 Å². The summed E-state index contributed by atoms with van der Waals surface area (Å²) in [6, 6.07) is 0. The average molecular weight is 406 g/mol. The molecule has 1 aliphatic heterocycles. The fourth-order valence-corrected chi connectivity index (χ4v) is 9.44. The minimum Gasteiger partial charge on any atom is -0.392 e. The van der Waals surface area contributed by atoms with Gasteiger partial charge in [0, 0.05) is 36.4 Å². The second-order valence-corrected chi connectivity index (χ2v) is 17.1. The zero-order valence-corrected chi connectivity index (χ0v) is 23.3. The Bertz CT molecular complexity index is 371. The third-order valence-corrected chi connectivity index (χ3v) is 11.9. The van der Waals surface area contributed by atoms with E-state index in [1.165, 1.54) is 0 Å². The van der Waals surface area contributed by atoms with E-state index in [1.807, 2.05) is 0 Å². The van der Waals surface area contributed by atoms with Crippen molar-refractivity contribution in [1.29, 1.82) is 0 Å². The smallest absolute Gasteiger partial charge is 0.350 e. The quantitative estimate of drug-likeness (QED) is 0.537. The number of rotatable bonds is 8. The van der Waals surface area contributed by atoms with Crippen molar-refractivity contribution in [3.63, 3.8) is 0 Å². The molecule has 1 heterocycles. The molecule has 5 nitrogen and oxygen atoms in total. The third kappa shape index (κ3) is 6.24. The number of nitrogens with zero attached hydrogens (tertiary/aromatic N) is 3. The highest BCUT2D eigenvalue weighted by Gasteiger charge is 2.61. The first-order valence-electron chi connectivity index (χ1n) is 9.69. The molecule has 0 radical (unpaired) electrons. The molecule has 150 valence electrons. The van der Waals surface area contributed by atoms with E-state index in [0.29, 0.717) is 0 Å². The fourth-order valence-electron chi connectivity index (χ4n) is 3.88. The molecule has 1 saturated heterocycles. The first kappa shape index (κ1) is 23.5. The molecule has 0 bridgehead atoms. The maximum Gasteiger partial charge on any atom is 0.350 e. The summed E-state index contributed by atoms with van der Waals surface area (Å²) < 4.78 is 18.4. The minimum absolute atomic E-state index is 0.0921. The van der Waals surface area contributed by atoms with Crippen LogP contribution in [0.3, 0.4) is 0 Å². The van der Waals surface area contributed by atoms with Crippen molar-refractivity contribution in [1.82, 2.24) is 14.0 Å². The summed E-state index contributed by atoms with van der Waals surface area (Å²) >= 11 is 0. The van der Waals surface area contributed by atoms with Crippen LogP contribution in [0.25, 0.3) is 0 Å². The molecule has 0 spiro atoms. The van der Waals surface area contributed by atoms with Gasteiger partial charge in [0.1, 0.15) is 0 Å². The summed E-state index contributed by atoms with van der Waals surface area (Å²) in [5, 5.41) is 0.184. The maximum absolute atomic E-state index is 6.80. The monoisotopic (exact) mass is 405 g/mol. The summed E-state index contributed by atoms with van der Waals surface area (Å²) in [6.45, 7) is 15.5. The topological polar surface area (TPSA) is 28.2 Å². The Balaban J connectivity index is 3.15. The maximum atomic E-state index is 6.80. The molecular formula is C17H43N3O2Si3. The van der Waals surface area contributed by atoms with E-state index in [4.69, 9.17) is 8.85 Å². The van der Waals surface area contributed by atoms with E-state index in [-0.39, 0.29) is 10.1 Å². The molecule has 0 aliphatic carbocycles. The lowest BCUT2D eigenvalue weighted by Crippen LogP contribution is -2.62. The van der Waals surface area contributed by atoms with Crippen LogP contribution in [0.1, 0.15) is 40.5 Å². The molecule has 0 aromatic carbocycles. The van der Waals surface area contributed by atoms with Gasteiger partial charge in [-0.15, -0.1) is 0 Å². The van der Waals surface area contributed by atoms with Gasteiger partial charge in [-0.25, -0.2) is 0 Å². The van der Waals surface area contributed by atoms with Crippen LogP contribution in [0.4, 0.5) is 0 Å². The largest absolute Gasteiger partial charge is 0.392 e. The van der Waals surface area contributed by atoms with Crippen molar-refractivity contribution in [2.75, 3.05) is 60.5 Å². The fraction of sp³-hybridized carbons (Fsp3) is 1.00. The SMILES string of the molecule is CN([SiH3])CCC(C)(C)[Si]1(C(C)(C)CCN(C)[SiH3])OCCN(C)CCO1. The van der Waals surface area contributed by atoms with Crippen molar-refractivity contribution in [3.05, 3.63) is 0 Å². The Morgan fingerprint density at radius 1 is 0.880 bits per heavy atom. The molecule has 0 atom stereocenters. The molecule has 0 aromatic rings. The predicted octanol–water partition coefficient (Wildman–Crippen LogP) is 0.172. The van der Waals surface area contributed by atoms with Crippen molar-refractivity contribution in [3.8, 4) is 0 Å². The lowest BCUT2D eigenvalue weighted by molar-refractivity contribution is 0.0700. The first-order chi connectivity index (χ1) is 11.4. The van der Waals surface area contributed by atoms with Gasteiger partial charge in [0.25, 0.3) is 0 Å². The third-order valence-electron chi connectivity index (χ3n) is 5.71. The zero-order valence-electron chi connectivity index (χ0n) is 18.3. The Morgan fingerprint density at radius 2 is 1.24 bits per heavy atom. The minimum atomic E-state index is -2.43. The Morgan fingerprint density at radius 3 is 1.56 bits per heavy atom. The van der Waals surface area contributed by atoms with Gasteiger partial charge in [0.2, 0.25) is 0 Å². The normalized spacial score (nSPS) is 21.0. The predicted molar refractivity (Wildman–Crippen MR) is 118 cm³/mol. The van der Waals surface area contributed by atoms with E-state index in [0.717, 1.165) is 73.0 Å². The average Bonchev–Trinajstić information content (AvgIpc) is 2.46. The summed E-state index contributed by atoms with van der Waals surface area (Å²) in [7, 11) is 6.37. The molecule has 0 amide bonds. The number of likely N-dealkylation sites (N-methyl/N-ethyl adjacent to an activating group) is 1. The van der Waals surface area contributed by atoms with Gasteiger partial charge in [0.15, 0.2) is 0 Å². The van der Waals surface area contributed by atoms with Gasteiger partial charge >= 0.3 is 8.56 Å². The van der Waals surface area contributed by atoms with Gasteiger partial charge in [-0.3, -0.25) is 0 Å². The highest BCUT2D eigenvalue weighted by Crippen LogP contribution is 2.56. The van der Waals surface area contributed by atoms with Gasteiger partial charge in [-0.2, -0.15) is 0 Å². The highest BCUT2D eigenvalue weighted by molar-refractivity contribution is 6.73. The Labute approximate surface area is 163 Å². The van der Waals surface area contributed by atoms with Crippen molar-refractivity contribution in [2.45, 2.75) is 50.6 Å². The molecule has 1 rings (SSSR count). The second kappa shape index (κ2) is 9.59. The molecule has 0 unspecified atom stereocenters. The lowest BCUT2D eigenvalue weighted by atomic mass is 10.1. The van der Waals surface area contributed by atoms with E-state index < -0.39 is 8.56 Å². The van der Waals surface area contributed by atoms with Crippen LogP contribution < -0.4 is 0 Å². The number of hydrogen-bond acceptors (Lipinski definition) is 5. The van der Waals surface area contributed by atoms with E-state index in [2.05, 4.69) is 62.9 Å². The first-order valence-corrected chi connectivity index (χ1v) is 13.3. The second-order valence-electron chi connectivity index (χ2n) is 9.49. The zero-order chi connectivity index (χ0) is 19.3. The lowest BCUT2D eigenvalue weighted by Gasteiger charge is -2.53. The summed E-state index contributed by atoms with van der Waals surface area (Å²) in [5.41, 5.74) is 0.